The first-order chi connectivity index (χ1) is 10.8. The molecule has 6 N–H and O–H groups in total. The van der Waals surface area contributed by atoms with Crippen molar-refractivity contribution in [3.63, 3.8) is 0 Å². The van der Waals surface area contributed by atoms with Crippen LogP contribution >= 0.6 is 0 Å². The largest absolute Gasteiger partial charge is 0.394 e. The molecule has 2 saturated heterocycles. The Morgan fingerprint density at radius 2 is 1.48 bits per heavy atom. The molecule has 0 amide bonds. The third-order valence-corrected chi connectivity index (χ3v) is 4.16. The van der Waals surface area contributed by atoms with Crippen LogP contribution in [0, 0.1) is 0 Å². The predicted octanol–water partition coefficient (Wildman–Crippen LogP) is -3.72. The van der Waals surface area contributed by atoms with E-state index in [2.05, 4.69) is 0 Å². The van der Waals surface area contributed by atoms with Crippen LogP contribution in [0.2, 0.25) is 0 Å². The van der Waals surface area contributed by atoms with Crippen LogP contribution in [0.1, 0.15) is 6.92 Å². The lowest BCUT2D eigenvalue weighted by molar-refractivity contribution is -0.361. The molecule has 10 heteroatoms. The van der Waals surface area contributed by atoms with Crippen molar-refractivity contribution in [1.29, 1.82) is 0 Å². The molecule has 0 aromatic carbocycles. The van der Waals surface area contributed by atoms with Crippen molar-refractivity contribution >= 4 is 0 Å². The number of aliphatic hydroxyl groups is 6. The van der Waals surface area contributed by atoms with Gasteiger partial charge in [0.25, 0.3) is 0 Å². The van der Waals surface area contributed by atoms with Crippen LogP contribution in [-0.2, 0) is 18.9 Å². The maximum atomic E-state index is 10.1. The number of aliphatic hydroxyl groups excluding tert-OH is 6. The van der Waals surface area contributed by atoms with Crippen LogP contribution in [0.4, 0.5) is 0 Å². The lowest BCUT2D eigenvalue weighted by Crippen LogP contribution is -2.64. The maximum absolute atomic E-state index is 10.1. The molecule has 0 spiro atoms. The van der Waals surface area contributed by atoms with Gasteiger partial charge in [0.2, 0.25) is 0 Å². The molecule has 2 heterocycles. The van der Waals surface area contributed by atoms with Crippen molar-refractivity contribution in [2.45, 2.75) is 68.3 Å². The molecular weight excluding hydrogens is 316 g/mol. The summed E-state index contributed by atoms with van der Waals surface area (Å²) in [5, 5.41) is 58.5. The highest BCUT2D eigenvalue weighted by atomic mass is 16.8. The average molecular weight is 340 g/mol. The van der Waals surface area contributed by atoms with Gasteiger partial charge in [-0.1, -0.05) is 0 Å². The molecule has 136 valence electrons. The second-order valence-electron chi connectivity index (χ2n) is 5.72. The Bertz CT molecular complexity index is 380. The maximum Gasteiger partial charge on any atom is 0.187 e. The second kappa shape index (κ2) is 7.66. The SMILES string of the molecule is CO[C@H]1O[C@H](CO)[C@@H](O)[C@H](O)[C@H]1O[C@H]1O[C@@H](C)[C@@H](O)[C@@H](O)[C@@H]1O. The fourth-order valence-electron chi connectivity index (χ4n) is 2.67. The molecule has 2 aliphatic heterocycles. The third kappa shape index (κ3) is 3.66. The van der Waals surface area contributed by atoms with E-state index < -0.39 is 68.0 Å². The highest BCUT2D eigenvalue weighted by Gasteiger charge is 2.49. The zero-order valence-corrected chi connectivity index (χ0v) is 12.8. The number of methoxy groups -OCH3 is 1. The van der Waals surface area contributed by atoms with Crippen molar-refractivity contribution < 1.29 is 49.6 Å². The standard InChI is InChI=1S/C13H24O10/c1-4-6(15)8(17)10(19)12(21-4)23-11-9(18)7(16)5(3-14)22-13(11)20-2/h4-19H,3H2,1-2H3/t4-,5+,6+,7+,8+,9-,10-,11+,12+,13-/m0/s1. The summed E-state index contributed by atoms with van der Waals surface area (Å²) in [6, 6.07) is 0. The fourth-order valence-corrected chi connectivity index (χ4v) is 2.67. The van der Waals surface area contributed by atoms with Gasteiger partial charge in [-0.05, 0) is 6.92 Å². The summed E-state index contributed by atoms with van der Waals surface area (Å²) >= 11 is 0. The van der Waals surface area contributed by atoms with E-state index in [1.807, 2.05) is 0 Å². The van der Waals surface area contributed by atoms with Crippen LogP contribution in [0.3, 0.4) is 0 Å². The van der Waals surface area contributed by atoms with Gasteiger partial charge in [-0.2, -0.15) is 0 Å². The van der Waals surface area contributed by atoms with Crippen LogP contribution in [0.15, 0.2) is 0 Å². The van der Waals surface area contributed by atoms with E-state index in [1.54, 1.807) is 0 Å². The summed E-state index contributed by atoms with van der Waals surface area (Å²) in [5.41, 5.74) is 0. The van der Waals surface area contributed by atoms with Gasteiger partial charge in [-0.15, -0.1) is 0 Å². The van der Waals surface area contributed by atoms with E-state index >= 15 is 0 Å². The van der Waals surface area contributed by atoms with E-state index in [-0.39, 0.29) is 0 Å². The molecule has 2 aliphatic rings. The molecular formula is C13H24O10. The molecule has 0 aromatic heterocycles. The van der Waals surface area contributed by atoms with E-state index in [1.165, 1.54) is 14.0 Å². The predicted molar refractivity (Wildman–Crippen MR) is 72.0 cm³/mol. The summed E-state index contributed by atoms with van der Waals surface area (Å²) in [4.78, 5) is 0. The fraction of sp³-hybridized carbons (Fsp3) is 1.00. The molecule has 2 rings (SSSR count). The molecule has 0 unspecified atom stereocenters. The van der Waals surface area contributed by atoms with Crippen LogP contribution in [0.5, 0.6) is 0 Å². The van der Waals surface area contributed by atoms with Crippen molar-refractivity contribution in [2.75, 3.05) is 13.7 Å². The Labute approximate surface area is 132 Å². The minimum absolute atomic E-state index is 0.532. The summed E-state index contributed by atoms with van der Waals surface area (Å²) in [5.74, 6) is 0. The van der Waals surface area contributed by atoms with Crippen molar-refractivity contribution in [1.82, 2.24) is 0 Å². The first kappa shape index (κ1) is 18.9. The van der Waals surface area contributed by atoms with Crippen LogP contribution in [0.25, 0.3) is 0 Å². The molecule has 2 fully saturated rings. The second-order valence-corrected chi connectivity index (χ2v) is 5.72. The quantitative estimate of drug-likeness (QED) is 0.300. The van der Waals surface area contributed by atoms with Crippen LogP contribution < -0.4 is 0 Å². The zero-order valence-electron chi connectivity index (χ0n) is 12.8. The van der Waals surface area contributed by atoms with Gasteiger partial charge in [-0.25, -0.2) is 0 Å². The Morgan fingerprint density at radius 3 is 2.04 bits per heavy atom. The van der Waals surface area contributed by atoms with Crippen molar-refractivity contribution in [2.24, 2.45) is 0 Å². The molecule has 0 aliphatic carbocycles. The molecule has 0 bridgehead atoms. The number of hydrogen-bond donors (Lipinski definition) is 6. The Kier molecular flexibility index (Phi) is 6.30. The van der Waals surface area contributed by atoms with Gasteiger partial charge in [0.1, 0.15) is 42.7 Å². The first-order valence-corrected chi connectivity index (χ1v) is 7.32. The third-order valence-electron chi connectivity index (χ3n) is 4.16. The highest BCUT2D eigenvalue weighted by Crippen LogP contribution is 2.29. The van der Waals surface area contributed by atoms with Crippen LogP contribution in [-0.4, -0.2) is 106 Å². The highest BCUT2D eigenvalue weighted by molar-refractivity contribution is 4.92. The minimum Gasteiger partial charge on any atom is -0.394 e. The van der Waals surface area contributed by atoms with Crippen molar-refractivity contribution in [3.8, 4) is 0 Å². The average Bonchev–Trinajstić information content (AvgIpc) is 2.54. The molecule has 10 nitrogen and oxygen atoms in total. The normalized spacial score (nSPS) is 51.7. The minimum atomic E-state index is -1.57. The molecule has 0 radical (unpaired) electrons. The lowest BCUT2D eigenvalue weighted by atomic mass is 9.97. The number of ether oxygens (including phenoxy) is 4. The molecule has 10 atom stereocenters. The smallest absolute Gasteiger partial charge is 0.187 e. The monoisotopic (exact) mass is 340 g/mol. The Hall–Kier alpha value is -0.400. The zero-order chi connectivity index (χ0) is 17.3. The summed E-state index contributed by atoms with van der Waals surface area (Å²) < 4.78 is 21.0. The van der Waals surface area contributed by atoms with Gasteiger partial charge in [0, 0.05) is 7.11 Å². The number of rotatable bonds is 4. The summed E-state index contributed by atoms with van der Waals surface area (Å²) in [6.07, 6.45) is -12.9. The summed E-state index contributed by atoms with van der Waals surface area (Å²) in [7, 11) is 1.28. The number of hydrogen-bond acceptors (Lipinski definition) is 10. The molecule has 0 saturated carbocycles. The van der Waals surface area contributed by atoms with Gasteiger partial charge in [-0.3, -0.25) is 0 Å². The van der Waals surface area contributed by atoms with E-state index in [9.17, 15) is 25.5 Å². The summed E-state index contributed by atoms with van der Waals surface area (Å²) in [6.45, 7) is 0.948. The van der Waals surface area contributed by atoms with Gasteiger partial charge >= 0.3 is 0 Å². The Morgan fingerprint density at radius 1 is 0.826 bits per heavy atom. The van der Waals surface area contributed by atoms with E-state index in [0.29, 0.717) is 0 Å². The van der Waals surface area contributed by atoms with Gasteiger partial charge in [0.15, 0.2) is 12.6 Å². The first-order valence-electron chi connectivity index (χ1n) is 7.32. The van der Waals surface area contributed by atoms with Gasteiger partial charge in [0.05, 0.1) is 12.7 Å². The Balaban J connectivity index is 2.10. The van der Waals surface area contributed by atoms with Crippen molar-refractivity contribution in [3.05, 3.63) is 0 Å². The van der Waals surface area contributed by atoms with Gasteiger partial charge < -0.3 is 49.6 Å². The lowest BCUT2D eigenvalue weighted by Gasteiger charge is -2.45. The molecule has 0 aromatic rings. The topological polar surface area (TPSA) is 158 Å². The molecule has 23 heavy (non-hydrogen) atoms. The van der Waals surface area contributed by atoms with E-state index in [4.69, 9.17) is 24.1 Å². The van der Waals surface area contributed by atoms with E-state index in [0.717, 1.165) is 0 Å².